The van der Waals surface area contributed by atoms with E-state index in [1.165, 1.54) is 10.7 Å². The molecule has 0 bridgehead atoms. The maximum atomic E-state index is 11.2. The predicted octanol–water partition coefficient (Wildman–Crippen LogP) is 3.33. The maximum Gasteiger partial charge on any atom is 0.354 e. The van der Waals surface area contributed by atoms with Crippen molar-refractivity contribution in [2.45, 2.75) is 19.5 Å². The van der Waals surface area contributed by atoms with Crippen molar-refractivity contribution in [2.24, 2.45) is 7.05 Å². The van der Waals surface area contributed by atoms with E-state index >= 15 is 0 Å². The normalized spacial score (nSPS) is 13.8. The first kappa shape index (κ1) is 21.7. The average molecular weight is 440 g/mol. The monoisotopic (exact) mass is 440 g/mol. The van der Waals surface area contributed by atoms with Gasteiger partial charge in [0.25, 0.3) is 0 Å². The molecule has 0 radical (unpaired) electrons. The van der Waals surface area contributed by atoms with E-state index in [1.54, 1.807) is 20.2 Å². The molecule has 4 rings (SSSR count). The van der Waals surface area contributed by atoms with Crippen LogP contribution in [0, 0.1) is 0 Å². The predicted molar refractivity (Wildman–Crippen MR) is 113 cm³/mol. The van der Waals surface area contributed by atoms with E-state index in [2.05, 4.69) is 5.10 Å². The average Bonchev–Trinajstić information content (AvgIpc) is 3.46. The molecule has 9 nitrogen and oxygen atoms in total. The minimum atomic E-state index is -1.05. The van der Waals surface area contributed by atoms with Crippen molar-refractivity contribution >= 4 is 5.97 Å². The van der Waals surface area contributed by atoms with E-state index in [0.717, 1.165) is 11.3 Å². The van der Waals surface area contributed by atoms with Crippen molar-refractivity contribution < 1.29 is 33.6 Å². The molecule has 0 unspecified atom stereocenters. The largest absolute Gasteiger partial charge is 0.497 e. The molecule has 32 heavy (non-hydrogen) atoms. The fourth-order valence-corrected chi connectivity index (χ4v) is 3.36. The molecule has 0 saturated carbocycles. The number of aromatic nitrogens is 2. The third-order valence-corrected chi connectivity index (χ3v) is 4.96. The Labute approximate surface area is 185 Å². The highest BCUT2D eigenvalue weighted by molar-refractivity contribution is 5.85. The smallest absolute Gasteiger partial charge is 0.354 e. The molecule has 1 fully saturated rings. The first-order valence-electron chi connectivity index (χ1n) is 10.1. The summed E-state index contributed by atoms with van der Waals surface area (Å²) in [5.74, 6) is 0.830. The van der Waals surface area contributed by atoms with Gasteiger partial charge in [-0.25, -0.2) is 4.79 Å². The van der Waals surface area contributed by atoms with Gasteiger partial charge in [-0.05, 0) is 35.9 Å². The maximum absolute atomic E-state index is 11.2. The van der Waals surface area contributed by atoms with Crippen LogP contribution in [-0.4, -0.2) is 41.2 Å². The second-order valence-electron chi connectivity index (χ2n) is 7.12. The minimum absolute atomic E-state index is 0.0860. The molecule has 1 saturated heterocycles. The molecule has 0 spiro atoms. The quantitative estimate of drug-likeness (QED) is 0.541. The van der Waals surface area contributed by atoms with Crippen LogP contribution in [0.3, 0.4) is 0 Å². The van der Waals surface area contributed by atoms with Gasteiger partial charge in [-0.2, -0.15) is 5.10 Å². The molecular formula is C23H24N2O7. The number of aromatic carboxylic acids is 1. The van der Waals surface area contributed by atoms with Crippen LogP contribution < -0.4 is 14.2 Å². The Kier molecular flexibility index (Phi) is 6.58. The number of methoxy groups -OCH3 is 1. The molecular weight excluding hydrogens is 416 g/mol. The number of rotatable bonds is 9. The minimum Gasteiger partial charge on any atom is -0.497 e. The SMILES string of the molecule is COc1ccc(COc2cccc(OCc3cc(C(=O)O)n(C)n3)c2C2OCCO2)cc1. The number of carboxylic acids is 1. The number of carboxylic acid groups (broad SMARTS) is 1. The van der Waals surface area contributed by atoms with Gasteiger partial charge in [0.2, 0.25) is 0 Å². The molecule has 168 valence electrons. The summed E-state index contributed by atoms with van der Waals surface area (Å²) in [4.78, 5) is 11.2. The van der Waals surface area contributed by atoms with Gasteiger partial charge in [0.05, 0.1) is 25.9 Å². The standard InChI is InChI=1S/C23H24N2O7/c1-25-18(22(26)27)12-16(24-25)14-32-20-5-3-4-19(21(20)23-29-10-11-30-23)31-13-15-6-8-17(28-2)9-7-15/h3-9,12,23H,10-11,13-14H2,1-2H3,(H,26,27). The number of aryl methyl sites for hydroxylation is 1. The summed E-state index contributed by atoms with van der Waals surface area (Å²) < 4.78 is 30.0. The van der Waals surface area contributed by atoms with Crippen LogP contribution in [0.1, 0.15) is 33.6 Å². The highest BCUT2D eigenvalue weighted by Gasteiger charge is 2.27. The van der Waals surface area contributed by atoms with Gasteiger partial charge in [-0.3, -0.25) is 4.68 Å². The van der Waals surface area contributed by atoms with E-state index in [-0.39, 0.29) is 12.3 Å². The van der Waals surface area contributed by atoms with Crippen molar-refractivity contribution in [3.8, 4) is 17.2 Å². The topological polar surface area (TPSA) is 101 Å². The van der Waals surface area contributed by atoms with Gasteiger partial charge < -0.3 is 28.8 Å². The van der Waals surface area contributed by atoms with Crippen molar-refractivity contribution in [1.29, 1.82) is 0 Å². The Morgan fingerprint density at radius 3 is 2.34 bits per heavy atom. The summed E-state index contributed by atoms with van der Waals surface area (Å²) in [6.45, 7) is 1.37. The van der Waals surface area contributed by atoms with Gasteiger partial charge in [0.1, 0.15) is 41.9 Å². The Morgan fingerprint density at radius 1 is 1.09 bits per heavy atom. The lowest BCUT2D eigenvalue weighted by Gasteiger charge is -2.19. The van der Waals surface area contributed by atoms with E-state index in [1.807, 2.05) is 36.4 Å². The van der Waals surface area contributed by atoms with Crippen LogP contribution in [0.25, 0.3) is 0 Å². The molecule has 9 heteroatoms. The molecule has 1 aliphatic heterocycles. The number of hydrogen-bond donors (Lipinski definition) is 1. The number of ether oxygens (including phenoxy) is 5. The number of hydrogen-bond acceptors (Lipinski definition) is 7. The third-order valence-electron chi connectivity index (χ3n) is 4.96. The summed E-state index contributed by atoms with van der Waals surface area (Å²) in [5.41, 5.74) is 2.20. The molecule has 0 amide bonds. The van der Waals surface area contributed by atoms with Gasteiger partial charge in [0.15, 0.2) is 6.29 Å². The van der Waals surface area contributed by atoms with Crippen LogP contribution in [0.5, 0.6) is 17.2 Å². The summed E-state index contributed by atoms with van der Waals surface area (Å²) in [6, 6.07) is 14.5. The molecule has 1 aliphatic rings. The number of benzene rings is 2. The van der Waals surface area contributed by atoms with E-state index < -0.39 is 12.3 Å². The van der Waals surface area contributed by atoms with Crippen LogP contribution in [0.4, 0.5) is 0 Å². The first-order chi connectivity index (χ1) is 15.5. The zero-order chi connectivity index (χ0) is 22.5. The lowest BCUT2D eigenvalue weighted by atomic mass is 10.1. The van der Waals surface area contributed by atoms with Gasteiger partial charge in [-0.15, -0.1) is 0 Å². The molecule has 2 aromatic carbocycles. The van der Waals surface area contributed by atoms with E-state index in [0.29, 0.717) is 42.6 Å². The molecule has 3 aromatic rings. The van der Waals surface area contributed by atoms with Crippen molar-refractivity contribution in [2.75, 3.05) is 20.3 Å². The highest BCUT2D eigenvalue weighted by Crippen LogP contribution is 2.39. The van der Waals surface area contributed by atoms with Crippen LogP contribution in [0.2, 0.25) is 0 Å². The van der Waals surface area contributed by atoms with E-state index in [4.69, 9.17) is 23.7 Å². The summed E-state index contributed by atoms with van der Waals surface area (Å²) in [7, 11) is 3.20. The fraction of sp³-hybridized carbons (Fsp3) is 0.304. The van der Waals surface area contributed by atoms with E-state index in [9.17, 15) is 9.90 Å². The summed E-state index contributed by atoms with van der Waals surface area (Å²) in [5, 5.41) is 13.4. The third kappa shape index (κ3) is 4.84. The van der Waals surface area contributed by atoms with Gasteiger partial charge in [-0.1, -0.05) is 18.2 Å². The number of carbonyl (C=O) groups is 1. The van der Waals surface area contributed by atoms with Crippen LogP contribution in [-0.2, 0) is 29.7 Å². The van der Waals surface area contributed by atoms with Gasteiger partial charge >= 0.3 is 5.97 Å². The zero-order valence-electron chi connectivity index (χ0n) is 17.8. The Bertz CT molecular complexity index is 1070. The first-order valence-corrected chi connectivity index (χ1v) is 10.1. The van der Waals surface area contributed by atoms with Crippen molar-refractivity contribution in [3.05, 3.63) is 71.0 Å². The van der Waals surface area contributed by atoms with Gasteiger partial charge in [0, 0.05) is 7.05 Å². The van der Waals surface area contributed by atoms with Crippen LogP contribution >= 0.6 is 0 Å². The Balaban J connectivity index is 1.53. The summed E-state index contributed by atoms with van der Waals surface area (Å²) >= 11 is 0. The molecule has 1 N–H and O–H groups in total. The lowest BCUT2D eigenvalue weighted by molar-refractivity contribution is -0.0477. The Morgan fingerprint density at radius 2 is 1.75 bits per heavy atom. The Hall–Kier alpha value is -3.56. The molecule has 2 heterocycles. The van der Waals surface area contributed by atoms with Crippen molar-refractivity contribution in [1.82, 2.24) is 9.78 Å². The fourth-order valence-electron chi connectivity index (χ4n) is 3.36. The second kappa shape index (κ2) is 9.71. The molecule has 0 atom stereocenters. The summed E-state index contributed by atoms with van der Waals surface area (Å²) in [6.07, 6.45) is -0.615. The molecule has 1 aromatic heterocycles. The lowest BCUT2D eigenvalue weighted by Crippen LogP contribution is -2.08. The highest BCUT2D eigenvalue weighted by atomic mass is 16.7. The zero-order valence-corrected chi connectivity index (χ0v) is 17.8. The van der Waals surface area contributed by atoms with Crippen LogP contribution in [0.15, 0.2) is 48.5 Å². The van der Waals surface area contributed by atoms with Crippen molar-refractivity contribution in [3.63, 3.8) is 0 Å². The second-order valence-corrected chi connectivity index (χ2v) is 7.12. The number of nitrogens with zero attached hydrogens (tertiary/aromatic N) is 2. The molecule has 0 aliphatic carbocycles.